The van der Waals surface area contributed by atoms with E-state index in [2.05, 4.69) is 32.6 Å². The lowest BCUT2D eigenvalue weighted by molar-refractivity contribution is -0.122. The van der Waals surface area contributed by atoms with Gasteiger partial charge in [0.05, 0.1) is 0 Å². The minimum atomic E-state index is -0.152. The van der Waals surface area contributed by atoms with Crippen LogP contribution in [-0.2, 0) is 4.79 Å². The summed E-state index contributed by atoms with van der Waals surface area (Å²) in [4.78, 5) is 29.3. The molecule has 2 amide bonds. The van der Waals surface area contributed by atoms with Crippen molar-refractivity contribution >= 4 is 11.8 Å². The van der Waals surface area contributed by atoms with Crippen LogP contribution < -0.4 is 10.6 Å². The Kier molecular flexibility index (Phi) is 6.50. The van der Waals surface area contributed by atoms with Crippen molar-refractivity contribution in [3.8, 4) is 0 Å². The molecular weight excluding hydrogens is 370 g/mol. The Morgan fingerprint density at radius 1 is 1.07 bits per heavy atom. The van der Waals surface area contributed by atoms with Crippen molar-refractivity contribution in [1.29, 1.82) is 0 Å². The van der Waals surface area contributed by atoms with Gasteiger partial charge in [-0.3, -0.25) is 9.59 Å². The third-order valence-electron chi connectivity index (χ3n) is 6.42. The molecule has 2 heterocycles. The largest absolute Gasteiger partial charge is 0.360 e. The Balaban J connectivity index is 0.00000171. The standard InChI is InChI=1S/C21H33N5O3.2H2/c1-25-10-12-26(13-11-25)9-8-20(27)22-16-4-6-17(7-5-16)23-21(28)18-14-19(29-24-18)15-2-3-15;;/h14-17H,2-13H2,1H3,(H,22,27)(H,23,28);2*1H. The maximum absolute atomic E-state index is 12.4. The summed E-state index contributed by atoms with van der Waals surface area (Å²) in [6.07, 6.45) is 6.37. The van der Waals surface area contributed by atoms with Gasteiger partial charge in [-0.15, -0.1) is 0 Å². The predicted octanol–water partition coefficient (Wildman–Crippen LogP) is 1.84. The van der Waals surface area contributed by atoms with Gasteiger partial charge in [0, 0.05) is 66.1 Å². The normalized spacial score (nSPS) is 26.2. The molecule has 164 valence electrons. The van der Waals surface area contributed by atoms with Gasteiger partial charge < -0.3 is 25.0 Å². The monoisotopic (exact) mass is 407 g/mol. The Labute approximate surface area is 175 Å². The fourth-order valence-corrected chi connectivity index (χ4v) is 4.23. The van der Waals surface area contributed by atoms with Gasteiger partial charge >= 0.3 is 0 Å². The number of rotatable bonds is 7. The molecule has 8 nitrogen and oxygen atoms in total. The lowest BCUT2D eigenvalue weighted by Crippen LogP contribution is -2.46. The number of hydrogen-bond donors (Lipinski definition) is 2. The van der Waals surface area contributed by atoms with E-state index in [1.807, 2.05) is 0 Å². The SMILES string of the molecule is CN1CCN(CCC(=O)NC2CCC(NC(=O)c3cc(C4CC4)on3)CC2)CC1.[HH].[HH]. The van der Waals surface area contributed by atoms with E-state index in [9.17, 15) is 9.59 Å². The van der Waals surface area contributed by atoms with Crippen molar-refractivity contribution in [1.82, 2.24) is 25.6 Å². The van der Waals surface area contributed by atoms with Crippen LogP contribution in [0.4, 0.5) is 0 Å². The van der Waals surface area contributed by atoms with Crippen LogP contribution in [-0.4, -0.2) is 78.6 Å². The van der Waals surface area contributed by atoms with E-state index in [1.54, 1.807) is 6.07 Å². The summed E-state index contributed by atoms with van der Waals surface area (Å²) in [5.41, 5.74) is 0.381. The highest BCUT2D eigenvalue weighted by atomic mass is 16.5. The molecule has 29 heavy (non-hydrogen) atoms. The van der Waals surface area contributed by atoms with E-state index in [0.29, 0.717) is 18.0 Å². The van der Waals surface area contributed by atoms with Crippen LogP contribution in [0.1, 0.15) is 70.0 Å². The van der Waals surface area contributed by atoms with Crippen LogP contribution >= 0.6 is 0 Å². The van der Waals surface area contributed by atoms with Gasteiger partial charge in [-0.2, -0.15) is 0 Å². The van der Waals surface area contributed by atoms with Crippen LogP contribution in [0.5, 0.6) is 0 Å². The molecule has 1 aromatic heterocycles. The number of piperazine rings is 1. The highest BCUT2D eigenvalue weighted by Crippen LogP contribution is 2.40. The zero-order chi connectivity index (χ0) is 20.2. The first-order valence-corrected chi connectivity index (χ1v) is 11.0. The zero-order valence-electron chi connectivity index (χ0n) is 17.4. The number of hydrogen-bond acceptors (Lipinski definition) is 6. The molecule has 3 fully saturated rings. The maximum atomic E-state index is 12.4. The van der Waals surface area contributed by atoms with Crippen LogP contribution in [0, 0.1) is 0 Å². The fraction of sp³-hybridized carbons (Fsp3) is 0.762. The van der Waals surface area contributed by atoms with Crippen molar-refractivity contribution in [2.24, 2.45) is 0 Å². The number of carbonyl (C=O) groups is 2. The molecule has 2 saturated carbocycles. The molecule has 2 aliphatic carbocycles. The zero-order valence-corrected chi connectivity index (χ0v) is 17.4. The van der Waals surface area contributed by atoms with Crippen LogP contribution in [0.25, 0.3) is 0 Å². The summed E-state index contributed by atoms with van der Waals surface area (Å²) in [6, 6.07) is 2.14. The summed E-state index contributed by atoms with van der Waals surface area (Å²) >= 11 is 0. The van der Waals surface area contributed by atoms with Crippen molar-refractivity contribution in [2.75, 3.05) is 39.8 Å². The molecule has 0 spiro atoms. The van der Waals surface area contributed by atoms with E-state index >= 15 is 0 Å². The molecule has 0 radical (unpaired) electrons. The summed E-state index contributed by atoms with van der Waals surface area (Å²) in [5.74, 6) is 1.28. The molecule has 0 bridgehead atoms. The van der Waals surface area contributed by atoms with E-state index in [0.717, 1.165) is 77.0 Å². The van der Waals surface area contributed by atoms with E-state index in [-0.39, 0.29) is 26.8 Å². The van der Waals surface area contributed by atoms with Gasteiger partial charge in [0.2, 0.25) is 5.91 Å². The van der Waals surface area contributed by atoms with E-state index < -0.39 is 0 Å². The first kappa shape index (κ1) is 20.3. The molecule has 0 unspecified atom stereocenters. The number of nitrogens with zero attached hydrogens (tertiary/aromatic N) is 3. The summed E-state index contributed by atoms with van der Waals surface area (Å²) in [5, 5.41) is 10.2. The van der Waals surface area contributed by atoms with E-state index in [4.69, 9.17) is 4.52 Å². The molecule has 0 aromatic carbocycles. The topological polar surface area (TPSA) is 90.7 Å². The Bertz CT molecular complexity index is 712. The van der Waals surface area contributed by atoms with Gasteiger partial charge in [-0.25, -0.2) is 0 Å². The molecular formula is C21H37N5O3. The van der Waals surface area contributed by atoms with Gasteiger partial charge in [0.1, 0.15) is 5.76 Å². The van der Waals surface area contributed by atoms with Crippen LogP contribution in [0.15, 0.2) is 10.6 Å². The molecule has 3 aliphatic rings. The van der Waals surface area contributed by atoms with Gasteiger partial charge in [-0.1, -0.05) is 5.16 Å². The van der Waals surface area contributed by atoms with Crippen molar-refractivity contribution in [2.45, 2.75) is 62.9 Å². The average Bonchev–Trinajstić information content (AvgIpc) is 3.45. The first-order valence-electron chi connectivity index (χ1n) is 11.0. The first-order chi connectivity index (χ1) is 14.1. The molecule has 8 heteroatoms. The maximum Gasteiger partial charge on any atom is 0.273 e. The third-order valence-corrected chi connectivity index (χ3v) is 6.42. The van der Waals surface area contributed by atoms with Crippen molar-refractivity contribution < 1.29 is 17.0 Å². The second kappa shape index (κ2) is 9.26. The quantitative estimate of drug-likeness (QED) is 0.717. The second-order valence-corrected chi connectivity index (χ2v) is 8.87. The molecule has 1 saturated heterocycles. The Morgan fingerprint density at radius 3 is 2.38 bits per heavy atom. The third kappa shape index (κ3) is 5.79. The lowest BCUT2D eigenvalue weighted by atomic mass is 9.91. The average molecular weight is 408 g/mol. The summed E-state index contributed by atoms with van der Waals surface area (Å²) in [7, 11) is 2.14. The molecule has 2 N–H and O–H groups in total. The Hall–Kier alpha value is -1.93. The van der Waals surface area contributed by atoms with Crippen molar-refractivity contribution in [3.63, 3.8) is 0 Å². The molecule has 1 aliphatic heterocycles. The van der Waals surface area contributed by atoms with Crippen LogP contribution in [0.3, 0.4) is 0 Å². The van der Waals surface area contributed by atoms with Crippen molar-refractivity contribution in [3.05, 3.63) is 17.5 Å². The minimum absolute atomic E-state index is 0. The fourth-order valence-electron chi connectivity index (χ4n) is 4.23. The molecule has 4 rings (SSSR count). The number of amides is 2. The second-order valence-electron chi connectivity index (χ2n) is 8.87. The highest BCUT2D eigenvalue weighted by Gasteiger charge is 2.30. The number of carbonyl (C=O) groups excluding carboxylic acids is 2. The smallest absolute Gasteiger partial charge is 0.273 e. The Morgan fingerprint density at radius 2 is 1.72 bits per heavy atom. The summed E-state index contributed by atoms with van der Waals surface area (Å²) in [6.45, 7) is 5.08. The van der Waals surface area contributed by atoms with Crippen LogP contribution in [0.2, 0.25) is 0 Å². The summed E-state index contributed by atoms with van der Waals surface area (Å²) < 4.78 is 5.27. The number of nitrogens with one attached hydrogen (secondary N) is 2. The minimum Gasteiger partial charge on any atom is -0.360 e. The lowest BCUT2D eigenvalue weighted by Gasteiger charge is -2.32. The number of likely N-dealkylation sites (N-methyl/N-ethyl adjacent to an activating group) is 1. The highest BCUT2D eigenvalue weighted by molar-refractivity contribution is 5.92. The van der Waals surface area contributed by atoms with Gasteiger partial charge in [-0.05, 0) is 45.6 Å². The van der Waals surface area contributed by atoms with Gasteiger partial charge in [0.15, 0.2) is 5.69 Å². The molecule has 1 aromatic rings. The predicted molar refractivity (Wildman–Crippen MR) is 113 cm³/mol. The molecule has 0 atom stereocenters. The van der Waals surface area contributed by atoms with Gasteiger partial charge in [0.25, 0.3) is 5.91 Å². The number of aromatic nitrogens is 1. The van der Waals surface area contributed by atoms with E-state index in [1.165, 1.54) is 0 Å².